The number of nitrogens with two attached hydrogens (primary N) is 2. The minimum atomic E-state index is -0.148. The first-order chi connectivity index (χ1) is 16.0. The number of carbonyl (C=O) groups excluding carboxylic acids is 1. The third-order valence-corrected chi connectivity index (χ3v) is 6.21. The smallest absolute Gasteiger partial charge is 0.229 e. The molecule has 2 aromatic carbocycles. The molecule has 2 aromatic heterocycles. The van der Waals surface area contributed by atoms with Gasteiger partial charge in [0.15, 0.2) is 5.82 Å². The molecule has 168 valence electrons. The van der Waals surface area contributed by atoms with Gasteiger partial charge in [-0.1, -0.05) is 24.3 Å². The van der Waals surface area contributed by atoms with Crippen LogP contribution >= 0.6 is 0 Å². The van der Waals surface area contributed by atoms with Gasteiger partial charge >= 0.3 is 0 Å². The molecule has 0 aliphatic carbocycles. The minimum absolute atomic E-state index is 0.0163. The fourth-order valence-electron chi connectivity index (χ4n) is 4.35. The lowest BCUT2D eigenvalue weighted by molar-refractivity contribution is -0.120. The summed E-state index contributed by atoms with van der Waals surface area (Å²) in [5.41, 5.74) is 15.2. The molecule has 9 nitrogen and oxygen atoms in total. The van der Waals surface area contributed by atoms with Crippen LogP contribution in [0.4, 0.5) is 23.3 Å². The number of H-pyrrole nitrogens is 1. The fourth-order valence-corrected chi connectivity index (χ4v) is 4.35. The van der Waals surface area contributed by atoms with Crippen molar-refractivity contribution in [1.29, 1.82) is 0 Å². The summed E-state index contributed by atoms with van der Waals surface area (Å²) >= 11 is 0. The molecule has 2 atom stereocenters. The number of amides is 1. The van der Waals surface area contributed by atoms with Crippen LogP contribution < -0.4 is 21.7 Å². The molecule has 0 spiro atoms. The van der Waals surface area contributed by atoms with Crippen molar-refractivity contribution in [3.63, 3.8) is 0 Å². The number of nitrogens with zero attached hydrogens (tertiary/aromatic N) is 4. The van der Waals surface area contributed by atoms with Gasteiger partial charge in [-0.3, -0.25) is 9.89 Å². The molecule has 3 heterocycles. The topological polar surface area (TPSA) is 139 Å². The molecule has 0 unspecified atom stereocenters. The van der Waals surface area contributed by atoms with Crippen molar-refractivity contribution in [2.75, 3.05) is 28.2 Å². The monoisotopic (exact) mass is 442 g/mol. The summed E-state index contributed by atoms with van der Waals surface area (Å²) in [5.74, 6) is 1.23. The van der Waals surface area contributed by atoms with E-state index in [0.717, 1.165) is 35.0 Å². The van der Waals surface area contributed by atoms with Gasteiger partial charge in [-0.25, -0.2) is 4.98 Å². The van der Waals surface area contributed by atoms with Crippen LogP contribution in [-0.4, -0.2) is 38.7 Å². The van der Waals surface area contributed by atoms with Crippen LogP contribution in [0.2, 0.25) is 0 Å². The Kier molecular flexibility index (Phi) is 5.29. The Morgan fingerprint density at radius 1 is 1.09 bits per heavy atom. The summed E-state index contributed by atoms with van der Waals surface area (Å²) in [7, 11) is 0. The number of nitrogens with one attached hydrogen (secondary N) is 2. The number of para-hydroxylation sites is 1. The van der Waals surface area contributed by atoms with Crippen LogP contribution in [0.3, 0.4) is 0 Å². The number of fused-ring (bicyclic) bond motifs is 1. The molecule has 1 aliphatic rings. The van der Waals surface area contributed by atoms with Crippen molar-refractivity contribution in [3.05, 3.63) is 54.6 Å². The van der Waals surface area contributed by atoms with E-state index in [2.05, 4.69) is 37.3 Å². The van der Waals surface area contributed by atoms with E-state index in [1.54, 1.807) is 0 Å². The van der Waals surface area contributed by atoms with E-state index in [4.69, 9.17) is 11.5 Å². The quantitative estimate of drug-likeness (QED) is 0.380. The van der Waals surface area contributed by atoms with Crippen LogP contribution in [0.5, 0.6) is 0 Å². The van der Waals surface area contributed by atoms with E-state index in [0.29, 0.717) is 23.9 Å². The lowest BCUT2D eigenvalue weighted by Gasteiger charge is -2.38. The van der Waals surface area contributed by atoms with Gasteiger partial charge in [0.25, 0.3) is 0 Å². The molecule has 9 heteroatoms. The van der Waals surface area contributed by atoms with E-state index >= 15 is 0 Å². The Balaban J connectivity index is 1.41. The van der Waals surface area contributed by atoms with Gasteiger partial charge in [-0.2, -0.15) is 10.1 Å². The van der Waals surface area contributed by atoms with Crippen molar-refractivity contribution in [2.45, 2.75) is 25.8 Å². The maximum Gasteiger partial charge on any atom is 0.229 e. The summed E-state index contributed by atoms with van der Waals surface area (Å²) in [6.45, 7) is 2.70. The standard InChI is InChI=1S/C24H26N8O/c1-14-7-8-16(23(33)27-17-5-3-2-4-6-17)13-32(14)21-12-19(28-24(26)29-21)15-9-10-18-20(11-15)30-31-22(18)25/h2-6,9-12,14,16H,7-8,13H2,1H3,(H,27,33)(H3,25,30,31)(H2,26,28,29)/t14-,16+/m1/s1. The molecule has 1 fully saturated rings. The normalized spacial score (nSPS) is 18.4. The Labute approximate surface area is 191 Å². The summed E-state index contributed by atoms with van der Waals surface area (Å²) in [5, 5.41) is 10.9. The molecule has 1 amide bonds. The van der Waals surface area contributed by atoms with Gasteiger partial charge in [0.1, 0.15) is 5.82 Å². The maximum atomic E-state index is 12.9. The average Bonchev–Trinajstić information content (AvgIpc) is 3.19. The van der Waals surface area contributed by atoms with Gasteiger partial charge in [-0.15, -0.1) is 0 Å². The summed E-state index contributed by atoms with van der Waals surface area (Å²) in [4.78, 5) is 24.0. The second-order valence-electron chi connectivity index (χ2n) is 8.47. The highest BCUT2D eigenvalue weighted by atomic mass is 16.1. The molecule has 1 aliphatic heterocycles. The first-order valence-corrected chi connectivity index (χ1v) is 11.0. The average molecular weight is 443 g/mol. The van der Waals surface area contributed by atoms with E-state index < -0.39 is 0 Å². The van der Waals surface area contributed by atoms with Gasteiger partial charge < -0.3 is 21.7 Å². The number of hydrogen-bond acceptors (Lipinski definition) is 7. The van der Waals surface area contributed by atoms with Crippen LogP contribution in [0.25, 0.3) is 22.2 Å². The summed E-state index contributed by atoms with van der Waals surface area (Å²) < 4.78 is 0. The molecule has 6 N–H and O–H groups in total. The van der Waals surface area contributed by atoms with Gasteiger partial charge in [0, 0.05) is 35.3 Å². The largest absolute Gasteiger partial charge is 0.382 e. The highest BCUT2D eigenvalue weighted by molar-refractivity contribution is 5.93. The number of aromatic amines is 1. The second-order valence-corrected chi connectivity index (χ2v) is 8.47. The first-order valence-electron chi connectivity index (χ1n) is 11.0. The number of rotatable bonds is 4. The Bertz CT molecular complexity index is 1300. The fraction of sp³-hybridized carbons (Fsp3) is 0.250. The number of benzene rings is 2. The van der Waals surface area contributed by atoms with E-state index in [1.165, 1.54) is 0 Å². The molecular weight excluding hydrogens is 416 g/mol. The number of anilines is 4. The zero-order valence-electron chi connectivity index (χ0n) is 18.3. The third-order valence-electron chi connectivity index (χ3n) is 6.21. The van der Waals surface area contributed by atoms with Gasteiger partial charge in [0.05, 0.1) is 17.1 Å². The van der Waals surface area contributed by atoms with Crippen molar-refractivity contribution in [1.82, 2.24) is 20.2 Å². The number of hydrogen-bond donors (Lipinski definition) is 4. The summed E-state index contributed by atoms with van der Waals surface area (Å²) in [6.07, 6.45) is 1.70. The number of nitrogen functional groups attached to an aromatic ring is 2. The van der Waals surface area contributed by atoms with Crippen molar-refractivity contribution in [3.8, 4) is 11.3 Å². The SMILES string of the molecule is C[C@@H]1CC[C@H](C(=O)Nc2ccccc2)CN1c1cc(-c2ccc3c(N)n[nH]c3c2)nc(N)n1. The Morgan fingerprint density at radius 2 is 1.91 bits per heavy atom. The zero-order valence-corrected chi connectivity index (χ0v) is 18.3. The molecule has 0 bridgehead atoms. The molecule has 1 saturated heterocycles. The van der Waals surface area contributed by atoms with Crippen molar-refractivity contribution in [2.24, 2.45) is 5.92 Å². The van der Waals surface area contributed by atoms with Gasteiger partial charge in [0.2, 0.25) is 11.9 Å². The van der Waals surface area contributed by atoms with Crippen LogP contribution in [0.1, 0.15) is 19.8 Å². The number of aromatic nitrogens is 4. The predicted octanol–water partition coefficient (Wildman–Crippen LogP) is 3.43. The van der Waals surface area contributed by atoms with Crippen LogP contribution in [0, 0.1) is 5.92 Å². The van der Waals surface area contributed by atoms with E-state index in [-0.39, 0.29) is 23.8 Å². The van der Waals surface area contributed by atoms with Crippen LogP contribution in [0.15, 0.2) is 54.6 Å². The van der Waals surface area contributed by atoms with Crippen LogP contribution in [-0.2, 0) is 4.79 Å². The van der Waals surface area contributed by atoms with Crippen molar-refractivity contribution < 1.29 is 4.79 Å². The third kappa shape index (κ3) is 4.17. The highest BCUT2D eigenvalue weighted by Gasteiger charge is 2.31. The molecule has 5 rings (SSSR count). The second kappa shape index (κ2) is 8.42. The lowest BCUT2D eigenvalue weighted by atomic mass is 9.92. The molecular formula is C24H26N8O. The number of piperidine rings is 1. The zero-order chi connectivity index (χ0) is 22.9. The Morgan fingerprint density at radius 3 is 2.73 bits per heavy atom. The first kappa shape index (κ1) is 20.7. The van der Waals surface area contributed by atoms with Gasteiger partial charge in [-0.05, 0) is 44.0 Å². The molecule has 4 aromatic rings. The molecule has 0 radical (unpaired) electrons. The number of carbonyl (C=O) groups is 1. The lowest BCUT2D eigenvalue weighted by Crippen LogP contribution is -2.46. The van der Waals surface area contributed by atoms with E-state index in [1.807, 2.05) is 54.6 Å². The molecule has 0 saturated carbocycles. The Hall–Kier alpha value is -4.14. The minimum Gasteiger partial charge on any atom is -0.382 e. The predicted molar refractivity (Wildman–Crippen MR) is 131 cm³/mol. The van der Waals surface area contributed by atoms with E-state index in [9.17, 15) is 4.79 Å². The highest BCUT2D eigenvalue weighted by Crippen LogP contribution is 2.31. The maximum absolute atomic E-state index is 12.9. The van der Waals surface area contributed by atoms with Crippen molar-refractivity contribution >= 4 is 40.1 Å². The molecule has 33 heavy (non-hydrogen) atoms. The summed E-state index contributed by atoms with van der Waals surface area (Å²) in [6, 6.07) is 17.5.